The van der Waals surface area contributed by atoms with Crippen molar-refractivity contribution in [1.29, 1.82) is 0 Å². The molecule has 3 N–H and O–H groups in total. The number of H-pyrrole nitrogens is 1. The van der Waals surface area contributed by atoms with Crippen molar-refractivity contribution in [2.45, 2.75) is 75.7 Å². The molecule has 3 aromatic carbocycles. The second kappa shape index (κ2) is 21.2. The van der Waals surface area contributed by atoms with Gasteiger partial charge >= 0.3 is 0 Å². The maximum absolute atomic E-state index is 14.6. The van der Waals surface area contributed by atoms with Crippen molar-refractivity contribution in [3.05, 3.63) is 106 Å². The summed E-state index contributed by atoms with van der Waals surface area (Å²) in [5.41, 5.74) is 5.94. The summed E-state index contributed by atoms with van der Waals surface area (Å²) in [5, 5.41) is 23.5. The molecule has 5 aliphatic rings. The first kappa shape index (κ1) is 50.1. The summed E-state index contributed by atoms with van der Waals surface area (Å²) in [4.78, 5) is 28.8. The molecule has 72 heavy (non-hydrogen) atoms. The molecule has 20 heteroatoms. The number of aromatic nitrogens is 2. The largest absolute Gasteiger partial charge is 0.733 e. The van der Waals surface area contributed by atoms with Crippen LogP contribution in [0, 0.1) is 10.6 Å². The highest BCUT2D eigenvalue weighted by molar-refractivity contribution is 7.90. The number of sulfonamides is 1. The number of hydrogen-bond donors (Lipinski definition) is 3. The van der Waals surface area contributed by atoms with Crippen molar-refractivity contribution in [1.82, 2.24) is 19.6 Å². The number of allylic oxidation sites excluding steroid dienone is 1. The number of amides is 1. The van der Waals surface area contributed by atoms with Crippen LogP contribution in [0.3, 0.4) is 0 Å². The predicted octanol–water partition coefficient (Wildman–Crippen LogP) is 7.70. The second-order valence-corrected chi connectivity index (χ2v) is 22.1. The predicted molar refractivity (Wildman–Crippen MR) is 273 cm³/mol. The van der Waals surface area contributed by atoms with Gasteiger partial charge in [-0.1, -0.05) is 37.6 Å². The Kier molecular flexibility index (Phi) is 14.7. The van der Waals surface area contributed by atoms with Crippen LogP contribution in [0.5, 0.6) is 11.6 Å². The van der Waals surface area contributed by atoms with Gasteiger partial charge in [-0.05, 0) is 115 Å². The Balaban J connectivity index is 0.961. The van der Waals surface area contributed by atoms with E-state index in [0.717, 1.165) is 55.1 Å². The summed E-state index contributed by atoms with van der Waals surface area (Å²) in [6.45, 7) is 12.3. The maximum atomic E-state index is 14.6. The van der Waals surface area contributed by atoms with Crippen molar-refractivity contribution in [3.8, 4) is 11.6 Å². The highest BCUT2D eigenvalue weighted by Gasteiger charge is 2.39. The number of carbonyl (C=O) groups excluding carboxylic acids is 1. The van der Waals surface area contributed by atoms with E-state index in [9.17, 15) is 23.6 Å². The van der Waals surface area contributed by atoms with Crippen LogP contribution in [0.4, 0.5) is 22.7 Å². The van der Waals surface area contributed by atoms with Gasteiger partial charge in [0.25, 0.3) is 15.9 Å². The van der Waals surface area contributed by atoms with Crippen molar-refractivity contribution in [2.24, 2.45) is 5.41 Å². The number of ether oxygens (including phenoxy) is 6. The lowest BCUT2D eigenvalue weighted by Gasteiger charge is -2.45. The highest BCUT2D eigenvalue weighted by Crippen LogP contribution is 2.46. The van der Waals surface area contributed by atoms with Crippen LogP contribution in [0.25, 0.3) is 16.6 Å². The van der Waals surface area contributed by atoms with E-state index in [1.54, 1.807) is 12.3 Å². The summed E-state index contributed by atoms with van der Waals surface area (Å²) in [7, 11) is -4.64. The van der Waals surface area contributed by atoms with Gasteiger partial charge in [0.05, 0.1) is 66.5 Å². The second-order valence-electron chi connectivity index (χ2n) is 19.9. The minimum atomic E-state index is -4.64. The van der Waals surface area contributed by atoms with E-state index in [0.29, 0.717) is 87.0 Å². The number of carbonyl (C=O) groups is 1. The molecule has 1 aliphatic carbocycles. The first-order valence-corrected chi connectivity index (χ1v) is 26.5. The average molecular weight is 1030 g/mol. The molecule has 2 unspecified atom stereocenters. The van der Waals surface area contributed by atoms with E-state index in [2.05, 4.69) is 45.5 Å². The molecule has 0 bridgehead atoms. The number of piperazine rings is 1. The van der Waals surface area contributed by atoms with Crippen LogP contribution < -0.4 is 29.2 Å². The standard InChI is InChI=1S/C52H61ClN7O11S/c1-33-29-70-39(31-69-33)32-71-47-13-11-40(24-45(47)60(62)63)72(64,65)56-50(61)41-12-10-37(23-44(41)59-16-4-20-68-51-46(59)22-35-14-15-54-49(35)55-51)57-17-18-58-28-43-42(34-6-8-36(53)9-7-34)25-52(2,3)26-48(43)67-21-5-19-66-30-38(58)27-57/h6-15,22-24,33,38-39,48,62H,4-5,16-21,25-32H2,1-3H3,(H,54,55)(H,56,61)/q-1/t33-,38?,39?,48-/m1/s1. The summed E-state index contributed by atoms with van der Waals surface area (Å²) in [6, 6.07) is 20.8. The normalized spacial score (nSPS) is 23.2. The van der Waals surface area contributed by atoms with Gasteiger partial charge in [0, 0.05) is 68.2 Å². The van der Waals surface area contributed by atoms with Gasteiger partial charge in [-0.2, -0.15) is 4.98 Å². The number of fused-ring (bicyclic) bond motifs is 4. The third-order valence-corrected chi connectivity index (χ3v) is 15.6. The molecule has 0 radical (unpaired) electrons. The van der Waals surface area contributed by atoms with Gasteiger partial charge in [0.15, 0.2) is 0 Å². The Labute approximate surface area is 424 Å². The average Bonchev–Trinajstić information content (AvgIpc) is 3.71. The molecule has 4 atom stereocenters. The number of rotatable bonds is 10. The lowest BCUT2D eigenvalue weighted by atomic mass is 9.71. The molecule has 3 saturated heterocycles. The van der Waals surface area contributed by atoms with Crippen LogP contribution >= 0.6 is 11.6 Å². The number of nitrogens with zero attached hydrogens (tertiary/aromatic N) is 5. The monoisotopic (exact) mass is 1030 g/mol. The van der Waals surface area contributed by atoms with E-state index < -0.39 is 37.8 Å². The number of nitrogens with one attached hydrogen (secondary N) is 2. The van der Waals surface area contributed by atoms with Crippen LogP contribution in [0.2, 0.25) is 5.02 Å². The molecule has 4 aliphatic heterocycles. The summed E-state index contributed by atoms with van der Waals surface area (Å²) in [5.74, 6) is -0.630. The third kappa shape index (κ3) is 11.0. The van der Waals surface area contributed by atoms with E-state index in [-0.39, 0.29) is 48.2 Å². The molecule has 6 heterocycles. The van der Waals surface area contributed by atoms with E-state index in [1.807, 2.05) is 48.2 Å². The SMILES string of the molecule is C[C@@H]1COC(COc2ccc(S(=O)(=O)NC(=O)c3ccc(N4CCN5CC6=C(c7ccc(Cl)cc7)CC(C)(C)C[C@H]6OCCCOCC5C4)cc3N3CCCOc4nc5[nH]ccc5cc43)cc2N([O-])O)CO1. The smallest absolute Gasteiger partial charge is 0.267 e. The van der Waals surface area contributed by atoms with Crippen LogP contribution in [0.15, 0.2) is 89.5 Å². The van der Waals surface area contributed by atoms with Gasteiger partial charge in [-0.3, -0.25) is 14.9 Å². The number of pyridine rings is 1. The molecular formula is C52H61ClN7O11S-. The Morgan fingerprint density at radius 1 is 0.972 bits per heavy atom. The Bertz CT molecular complexity index is 2910. The van der Waals surface area contributed by atoms with E-state index in [1.165, 1.54) is 23.3 Å². The molecule has 1 amide bonds. The Morgan fingerprint density at radius 2 is 1.82 bits per heavy atom. The fourth-order valence-electron chi connectivity index (χ4n) is 10.3. The number of aromatic amines is 1. The fraction of sp³-hybridized carbons (Fsp3) is 0.462. The van der Waals surface area contributed by atoms with Crippen LogP contribution in [-0.2, 0) is 29.0 Å². The van der Waals surface area contributed by atoms with E-state index >= 15 is 0 Å². The lowest BCUT2D eigenvalue weighted by Crippen LogP contribution is -2.56. The first-order valence-electron chi connectivity index (χ1n) is 24.6. The van der Waals surface area contributed by atoms with Gasteiger partial charge in [-0.25, -0.2) is 13.1 Å². The zero-order valence-corrected chi connectivity index (χ0v) is 42.3. The van der Waals surface area contributed by atoms with Crippen molar-refractivity contribution in [3.63, 3.8) is 0 Å². The molecule has 3 fully saturated rings. The Morgan fingerprint density at radius 3 is 2.62 bits per heavy atom. The number of anilines is 4. The maximum Gasteiger partial charge on any atom is 0.267 e. The molecular weight excluding hydrogens is 966 g/mol. The van der Waals surface area contributed by atoms with Crippen molar-refractivity contribution in [2.75, 3.05) is 94.0 Å². The quantitative estimate of drug-likeness (QED) is 0.115. The van der Waals surface area contributed by atoms with Crippen LogP contribution in [0.1, 0.15) is 62.4 Å². The first-order chi connectivity index (χ1) is 34.7. The van der Waals surface area contributed by atoms with Crippen molar-refractivity contribution >= 4 is 66.9 Å². The third-order valence-electron chi connectivity index (χ3n) is 14.1. The highest BCUT2D eigenvalue weighted by atomic mass is 35.5. The molecule has 2 aromatic heterocycles. The number of hydrogen-bond acceptors (Lipinski definition) is 16. The van der Waals surface area contributed by atoms with Gasteiger partial charge < -0.3 is 53.6 Å². The zero-order chi connectivity index (χ0) is 50.1. The summed E-state index contributed by atoms with van der Waals surface area (Å²) in [6.07, 6.45) is 4.42. The van der Waals surface area contributed by atoms with E-state index in [4.69, 9.17) is 45.0 Å². The Hall–Kier alpha value is -5.48. The molecule has 0 saturated carbocycles. The fourth-order valence-corrected chi connectivity index (χ4v) is 11.4. The van der Waals surface area contributed by atoms with Gasteiger partial charge in [0.1, 0.15) is 29.8 Å². The number of benzene rings is 3. The minimum Gasteiger partial charge on any atom is -0.733 e. The molecule has 384 valence electrons. The summed E-state index contributed by atoms with van der Waals surface area (Å²) < 4.78 is 66.8. The molecule has 0 spiro atoms. The van der Waals surface area contributed by atoms with Gasteiger partial charge in [-0.15, -0.1) is 0 Å². The molecule has 5 aromatic rings. The zero-order valence-electron chi connectivity index (χ0n) is 40.7. The topological polar surface area (TPSA) is 204 Å². The lowest BCUT2D eigenvalue weighted by molar-refractivity contribution is -0.136. The number of halogens is 1. The minimum absolute atomic E-state index is 0.00503. The molecule has 18 nitrogen and oxygen atoms in total. The van der Waals surface area contributed by atoms with Crippen molar-refractivity contribution < 1.29 is 46.8 Å². The van der Waals surface area contributed by atoms with Gasteiger partial charge in [0.2, 0.25) is 5.88 Å². The molecule has 10 rings (SSSR count). The van der Waals surface area contributed by atoms with Crippen LogP contribution in [-0.4, -0.2) is 138 Å². The summed E-state index contributed by atoms with van der Waals surface area (Å²) >= 11 is 6.37.